The maximum absolute atomic E-state index is 5.85. The Labute approximate surface area is 111 Å². The molecule has 0 saturated heterocycles. The number of hydrogen-bond donors (Lipinski definition) is 2. The topological polar surface area (TPSA) is 38.0 Å². The van der Waals surface area contributed by atoms with Crippen molar-refractivity contribution in [3.05, 3.63) is 34.9 Å². The Morgan fingerprint density at radius 2 is 2.11 bits per heavy atom. The molecule has 1 aliphatic rings. The van der Waals surface area contributed by atoms with Crippen LogP contribution in [0.1, 0.15) is 48.9 Å². The fourth-order valence-corrected chi connectivity index (χ4v) is 3.26. The molecule has 0 amide bonds. The molecular formula is C16H26N2. The Balaban J connectivity index is 2.05. The van der Waals surface area contributed by atoms with Crippen LogP contribution in [0.3, 0.4) is 0 Å². The molecule has 2 rings (SSSR count). The first kappa shape index (κ1) is 13.6. The Bertz CT molecular complexity index is 400. The van der Waals surface area contributed by atoms with Crippen LogP contribution in [-0.2, 0) is 0 Å². The molecule has 0 aromatic heterocycles. The zero-order chi connectivity index (χ0) is 13.1. The third kappa shape index (κ3) is 2.93. The van der Waals surface area contributed by atoms with Gasteiger partial charge < -0.3 is 11.1 Å². The highest BCUT2D eigenvalue weighted by atomic mass is 15.0. The molecule has 1 aliphatic carbocycles. The average molecular weight is 246 g/mol. The quantitative estimate of drug-likeness (QED) is 0.857. The molecule has 2 heteroatoms. The van der Waals surface area contributed by atoms with Gasteiger partial charge in [-0.25, -0.2) is 0 Å². The van der Waals surface area contributed by atoms with Crippen LogP contribution in [0.5, 0.6) is 0 Å². The van der Waals surface area contributed by atoms with Crippen LogP contribution in [0.15, 0.2) is 18.2 Å². The standard InChI is InChI=1S/C16H26N2/c1-11-7-8-15(12(2)9-11)13(3)18-16-6-4-5-14(16)10-17/h7-9,13-14,16,18H,4-6,10,17H2,1-3H3. The summed E-state index contributed by atoms with van der Waals surface area (Å²) in [5.74, 6) is 0.665. The van der Waals surface area contributed by atoms with Crippen molar-refractivity contribution in [2.75, 3.05) is 6.54 Å². The molecule has 100 valence electrons. The summed E-state index contributed by atoms with van der Waals surface area (Å²) in [6.45, 7) is 7.44. The lowest BCUT2D eigenvalue weighted by Gasteiger charge is -2.25. The molecule has 0 aliphatic heterocycles. The highest BCUT2D eigenvalue weighted by Crippen LogP contribution is 2.28. The van der Waals surface area contributed by atoms with Gasteiger partial charge in [0.1, 0.15) is 0 Å². The van der Waals surface area contributed by atoms with Crippen molar-refractivity contribution in [3.8, 4) is 0 Å². The van der Waals surface area contributed by atoms with Gasteiger partial charge in [-0.2, -0.15) is 0 Å². The predicted molar refractivity (Wildman–Crippen MR) is 77.7 cm³/mol. The molecule has 18 heavy (non-hydrogen) atoms. The first-order valence-electron chi connectivity index (χ1n) is 7.15. The van der Waals surface area contributed by atoms with Gasteiger partial charge in [0.15, 0.2) is 0 Å². The van der Waals surface area contributed by atoms with E-state index in [-0.39, 0.29) is 0 Å². The SMILES string of the molecule is Cc1ccc(C(C)NC2CCCC2CN)c(C)c1. The summed E-state index contributed by atoms with van der Waals surface area (Å²) >= 11 is 0. The first-order chi connectivity index (χ1) is 8.61. The van der Waals surface area contributed by atoms with Crippen LogP contribution < -0.4 is 11.1 Å². The molecule has 0 radical (unpaired) electrons. The molecule has 2 nitrogen and oxygen atoms in total. The summed E-state index contributed by atoms with van der Waals surface area (Å²) < 4.78 is 0. The van der Waals surface area contributed by atoms with Gasteiger partial charge in [-0.05, 0) is 57.2 Å². The zero-order valence-corrected chi connectivity index (χ0v) is 11.9. The number of rotatable bonds is 4. The van der Waals surface area contributed by atoms with Crippen LogP contribution in [0.4, 0.5) is 0 Å². The molecule has 1 aromatic rings. The van der Waals surface area contributed by atoms with Gasteiger partial charge in [0, 0.05) is 12.1 Å². The van der Waals surface area contributed by atoms with E-state index >= 15 is 0 Å². The number of hydrogen-bond acceptors (Lipinski definition) is 2. The normalized spacial score (nSPS) is 25.3. The second kappa shape index (κ2) is 5.85. The summed E-state index contributed by atoms with van der Waals surface area (Å²) in [6.07, 6.45) is 3.88. The lowest BCUT2D eigenvalue weighted by molar-refractivity contribution is 0.373. The highest BCUT2D eigenvalue weighted by molar-refractivity contribution is 5.32. The van der Waals surface area contributed by atoms with Crippen LogP contribution in [0, 0.1) is 19.8 Å². The van der Waals surface area contributed by atoms with E-state index in [1.165, 1.54) is 36.0 Å². The van der Waals surface area contributed by atoms with Gasteiger partial charge >= 0.3 is 0 Å². The third-order valence-corrected chi connectivity index (χ3v) is 4.32. The molecule has 0 bridgehead atoms. The lowest BCUT2D eigenvalue weighted by Crippen LogP contribution is -2.37. The van der Waals surface area contributed by atoms with E-state index in [9.17, 15) is 0 Å². The van der Waals surface area contributed by atoms with E-state index in [2.05, 4.69) is 44.3 Å². The first-order valence-corrected chi connectivity index (χ1v) is 7.15. The summed E-state index contributed by atoms with van der Waals surface area (Å²) in [5, 5.41) is 3.78. The Kier molecular flexibility index (Phi) is 4.41. The van der Waals surface area contributed by atoms with Crippen LogP contribution in [-0.4, -0.2) is 12.6 Å². The molecule has 1 fully saturated rings. The summed E-state index contributed by atoms with van der Waals surface area (Å²) in [5.41, 5.74) is 9.99. The maximum Gasteiger partial charge on any atom is 0.0297 e. The molecule has 1 saturated carbocycles. The summed E-state index contributed by atoms with van der Waals surface area (Å²) in [6, 6.07) is 7.75. The van der Waals surface area contributed by atoms with Gasteiger partial charge in [-0.3, -0.25) is 0 Å². The van der Waals surface area contributed by atoms with E-state index in [1.54, 1.807) is 0 Å². The van der Waals surface area contributed by atoms with Crippen molar-refractivity contribution in [2.24, 2.45) is 11.7 Å². The van der Waals surface area contributed by atoms with Crippen molar-refractivity contribution in [1.29, 1.82) is 0 Å². The Morgan fingerprint density at radius 3 is 2.78 bits per heavy atom. The molecular weight excluding hydrogens is 220 g/mol. The smallest absolute Gasteiger partial charge is 0.0297 e. The minimum atomic E-state index is 0.419. The van der Waals surface area contributed by atoms with Crippen molar-refractivity contribution < 1.29 is 0 Å². The van der Waals surface area contributed by atoms with Gasteiger partial charge in [0.05, 0.1) is 0 Å². The average Bonchev–Trinajstić information content (AvgIpc) is 2.76. The molecule has 1 aromatic carbocycles. The molecule has 3 N–H and O–H groups in total. The molecule has 3 unspecified atom stereocenters. The van der Waals surface area contributed by atoms with Crippen LogP contribution in [0.25, 0.3) is 0 Å². The minimum absolute atomic E-state index is 0.419. The maximum atomic E-state index is 5.85. The van der Waals surface area contributed by atoms with Crippen molar-refractivity contribution in [1.82, 2.24) is 5.32 Å². The van der Waals surface area contributed by atoms with E-state index in [1.807, 2.05) is 0 Å². The largest absolute Gasteiger partial charge is 0.330 e. The zero-order valence-electron chi connectivity index (χ0n) is 11.9. The molecule has 3 atom stereocenters. The fraction of sp³-hybridized carbons (Fsp3) is 0.625. The second-order valence-corrected chi connectivity index (χ2v) is 5.78. The minimum Gasteiger partial charge on any atom is -0.330 e. The van der Waals surface area contributed by atoms with E-state index < -0.39 is 0 Å². The predicted octanol–water partition coefficient (Wildman–Crippen LogP) is 3.08. The van der Waals surface area contributed by atoms with Gasteiger partial charge in [-0.15, -0.1) is 0 Å². The van der Waals surface area contributed by atoms with E-state index in [0.29, 0.717) is 18.0 Å². The fourth-order valence-electron chi connectivity index (χ4n) is 3.26. The van der Waals surface area contributed by atoms with E-state index in [4.69, 9.17) is 5.73 Å². The van der Waals surface area contributed by atoms with Crippen molar-refractivity contribution in [3.63, 3.8) is 0 Å². The Hall–Kier alpha value is -0.860. The Morgan fingerprint density at radius 1 is 1.33 bits per heavy atom. The van der Waals surface area contributed by atoms with Crippen LogP contribution >= 0.6 is 0 Å². The number of nitrogens with one attached hydrogen (secondary N) is 1. The molecule has 0 heterocycles. The molecule has 0 spiro atoms. The monoisotopic (exact) mass is 246 g/mol. The van der Waals surface area contributed by atoms with Gasteiger partial charge in [0.25, 0.3) is 0 Å². The second-order valence-electron chi connectivity index (χ2n) is 5.78. The van der Waals surface area contributed by atoms with Crippen molar-refractivity contribution in [2.45, 2.75) is 52.1 Å². The summed E-state index contributed by atoms with van der Waals surface area (Å²) in [4.78, 5) is 0. The van der Waals surface area contributed by atoms with Crippen molar-refractivity contribution >= 4 is 0 Å². The highest BCUT2D eigenvalue weighted by Gasteiger charge is 2.27. The number of nitrogens with two attached hydrogens (primary N) is 1. The van der Waals surface area contributed by atoms with Crippen LogP contribution in [0.2, 0.25) is 0 Å². The van der Waals surface area contributed by atoms with E-state index in [0.717, 1.165) is 6.54 Å². The number of benzene rings is 1. The van der Waals surface area contributed by atoms with Gasteiger partial charge in [-0.1, -0.05) is 30.2 Å². The third-order valence-electron chi connectivity index (χ3n) is 4.32. The number of aryl methyl sites for hydroxylation is 2. The summed E-state index contributed by atoms with van der Waals surface area (Å²) in [7, 11) is 0. The van der Waals surface area contributed by atoms with Gasteiger partial charge in [0.2, 0.25) is 0 Å². The lowest BCUT2D eigenvalue weighted by atomic mass is 9.97.